The summed E-state index contributed by atoms with van der Waals surface area (Å²) in [7, 11) is 0. The monoisotopic (exact) mass is 521 g/mol. The summed E-state index contributed by atoms with van der Waals surface area (Å²) in [6.45, 7) is 6.32. The molecule has 3 nitrogen and oxygen atoms in total. The van der Waals surface area contributed by atoms with Gasteiger partial charge in [0.2, 0.25) is 0 Å². The lowest BCUT2D eigenvalue weighted by Crippen LogP contribution is -2.48. The van der Waals surface area contributed by atoms with E-state index in [9.17, 15) is 23.1 Å². The van der Waals surface area contributed by atoms with Crippen LogP contribution in [-0.4, -0.2) is 34.7 Å². The number of nitrogens with zero attached hydrogens (tertiary/aromatic N) is 1. The van der Waals surface area contributed by atoms with E-state index in [0.717, 1.165) is 21.7 Å². The van der Waals surface area contributed by atoms with E-state index in [1.54, 1.807) is 6.08 Å². The second-order valence-corrected chi connectivity index (χ2v) is 9.63. The van der Waals surface area contributed by atoms with Gasteiger partial charge in [-0.1, -0.05) is 64.7 Å². The van der Waals surface area contributed by atoms with E-state index >= 15 is 0 Å². The van der Waals surface area contributed by atoms with Gasteiger partial charge in [-0.25, -0.2) is 0 Å². The first kappa shape index (κ1) is 25.3. The number of aliphatic carboxylic acids is 1. The zero-order chi connectivity index (χ0) is 24.2. The van der Waals surface area contributed by atoms with E-state index < -0.39 is 17.7 Å². The first-order valence-corrected chi connectivity index (χ1v) is 11.7. The predicted octanol–water partition coefficient (Wildman–Crippen LogP) is 6.69. The van der Waals surface area contributed by atoms with E-state index in [2.05, 4.69) is 39.2 Å². The lowest BCUT2D eigenvalue weighted by Gasteiger charge is -2.45. The zero-order valence-corrected chi connectivity index (χ0v) is 20.0. The molecule has 33 heavy (non-hydrogen) atoms. The molecule has 4 atom stereocenters. The topological polar surface area (TPSA) is 40.5 Å². The van der Waals surface area contributed by atoms with Crippen molar-refractivity contribution in [3.8, 4) is 11.8 Å². The third-order valence-electron chi connectivity index (χ3n) is 6.15. The molecule has 0 spiro atoms. The van der Waals surface area contributed by atoms with Gasteiger partial charge in [0.1, 0.15) is 0 Å². The quantitative estimate of drug-likeness (QED) is 0.438. The van der Waals surface area contributed by atoms with E-state index in [1.165, 1.54) is 6.08 Å². The number of rotatable bonds is 5. The van der Waals surface area contributed by atoms with Gasteiger partial charge < -0.3 is 5.11 Å². The molecule has 7 heteroatoms. The van der Waals surface area contributed by atoms with Crippen LogP contribution in [0.1, 0.15) is 44.2 Å². The summed E-state index contributed by atoms with van der Waals surface area (Å²) in [6.07, 6.45) is 1.28. The summed E-state index contributed by atoms with van der Waals surface area (Å²) in [5, 5.41) is 9.31. The van der Waals surface area contributed by atoms with Crippen LogP contribution < -0.4 is 0 Å². The Kier molecular flexibility index (Phi) is 8.25. The van der Waals surface area contributed by atoms with Crippen molar-refractivity contribution in [2.45, 2.75) is 50.9 Å². The molecule has 0 aromatic heterocycles. The van der Waals surface area contributed by atoms with Crippen molar-refractivity contribution in [1.82, 2.24) is 4.90 Å². The smallest absolute Gasteiger partial charge is 0.416 e. The Morgan fingerprint density at radius 3 is 2.58 bits per heavy atom. The number of hydrogen-bond acceptors (Lipinski definition) is 2. The first-order valence-electron chi connectivity index (χ1n) is 10.9. The first-order chi connectivity index (χ1) is 15.5. The van der Waals surface area contributed by atoms with Crippen molar-refractivity contribution in [2.75, 3.05) is 6.54 Å². The Hall–Kier alpha value is -2.30. The lowest BCUT2D eigenvalue weighted by atomic mass is 9.78. The molecule has 1 N–H and O–H groups in total. The van der Waals surface area contributed by atoms with Crippen molar-refractivity contribution in [1.29, 1.82) is 0 Å². The molecule has 3 rings (SSSR count). The van der Waals surface area contributed by atoms with E-state index in [0.29, 0.717) is 19.4 Å². The maximum atomic E-state index is 13.1. The van der Waals surface area contributed by atoms with Gasteiger partial charge in [-0.2, -0.15) is 13.2 Å². The van der Waals surface area contributed by atoms with Crippen LogP contribution in [-0.2, 0) is 4.79 Å². The van der Waals surface area contributed by atoms with Crippen molar-refractivity contribution in [3.63, 3.8) is 0 Å². The molecule has 176 valence electrons. The van der Waals surface area contributed by atoms with Gasteiger partial charge in [-0.15, -0.1) is 0 Å². The Balaban J connectivity index is 1.95. The summed E-state index contributed by atoms with van der Waals surface area (Å²) < 4.78 is 40.3. The van der Waals surface area contributed by atoms with Crippen LogP contribution in [0.15, 0.2) is 64.7 Å². The van der Waals surface area contributed by atoms with Crippen LogP contribution in [0.5, 0.6) is 0 Å². The third kappa shape index (κ3) is 6.84. The molecule has 1 aromatic carbocycles. The molecule has 1 unspecified atom stereocenters. The highest BCUT2D eigenvalue weighted by atomic mass is 79.9. The number of piperidine rings is 1. The summed E-state index contributed by atoms with van der Waals surface area (Å²) in [6, 6.07) is 7.46. The van der Waals surface area contributed by atoms with E-state index in [4.69, 9.17) is 0 Å². The maximum Gasteiger partial charge on any atom is 0.416 e. The fourth-order valence-electron chi connectivity index (χ4n) is 4.59. The largest absolute Gasteiger partial charge is 0.481 e. The fraction of sp³-hybridized carbons (Fsp3) is 0.423. The molecule has 0 radical (unpaired) electrons. The molecule has 2 aliphatic rings. The Morgan fingerprint density at radius 1 is 1.33 bits per heavy atom. The van der Waals surface area contributed by atoms with Crippen molar-refractivity contribution in [3.05, 3.63) is 70.3 Å². The Bertz CT molecular complexity index is 1000. The highest BCUT2D eigenvalue weighted by molar-refractivity contribution is 9.10. The average molecular weight is 522 g/mol. The molecule has 1 heterocycles. The minimum absolute atomic E-state index is 0.0233. The van der Waals surface area contributed by atoms with Gasteiger partial charge in [0.05, 0.1) is 11.6 Å². The molecule has 0 saturated carbocycles. The number of carbonyl (C=O) groups is 1. The van der Waals surface area contributed by atoms with Gasteiger partial charge in [0.25, 0.3) is 0 Å². The van der Waals surface area contributed by atoms with Crippen molar-refractivity contribution < 1.29 is 23.1 Å². The van der Waals surface area contributed by atoms with Gasteiger partial charge in [-0.3, -0.25) is 9.69 Å². The van der Waals surface area contributed by atoms with Crippen LogP contribution in [0.3, 0.4) is 0 Å². The van der Waals surface area contributed by atoms with Gasteiger partial charge >= 0.3 is 12.1 Å². The zero-order valence-electron chi connectivity index (χ0n) is 18.4. The molecular formula is C26H27BrF3NO2. The standard InChI is InChI=1S/C26H27BrF3NO2/c1-17(2)3-12-23(19-6-10-22(27)11-7-19)31-14-13-18(16-25(32)33)15-24(31)20-4-8-21(9-5-20)26(28,29)30/h4,6-11,18,20,23-24H,1,5,13-16H2,2H3,(H,32,33)/t18-,20?,23-,24+/m0/s1. The molecule has 1 aliphatic heterocycles. The van der Waals surface area contributed by atoms with Crippen molar-refractivity contribution >= 4 is 21.9 Å². The Morgan fingerprint density at radius 2 is 2.03 bits per heavy atom. The van der Waals surface area contributed by atoms with E-state index in [-0.39, 0.29) is 36.8 Å². The predicted molar refractivity (Wildman–Crippen MR) is 126 cm³/mol. The van der Waals surface area contributed by atoms with Gasteiger partial charge in [0.15, 0.2) is 0 Å². The molecular weight excluding hydrogens is 495 g/mol. The summed E-state index contributed by atoms with van der Waals surface area (Å²) in [5.74, 6) is 5.36. The number of likely N-dealkylation sites (tertiary alicyclic amines) is 1. The van der Waals surface area contributed by atoms with Crippen LogP contribution in [0.25, 0.3) is 0 Å². The minimum atomic E-state index is -4.37. The number of carboxylic acid groups (broad SMARTS) is 1. The number of allylic oxidation sites excluding steroid dienone is 4. The fourth-order valence-corrected chi connectivity index (χ4v) is 4.86. The highest BCUT2D eigenvalue weighted by Crippen LogP contribution is 2.40. The molecule has 0 amide bonds. The molecule has 1 saturated heterocycles. The van der Waals surface area contributed by atoms with Gasteiger partial charge in [-0.05, 0) is 61.3 Å². The van der Waals surface area contributed by atoms with Crippen LogP contribution in [0.2, 0.25) is 0 Å². The number of halogens is 4. The summed E-state index contributed by atoms with van der Waals surface area (Å²) >= 11 is 3.45. The number of carboxylic acids is 1. The van der Waals surface area contributed by atoms with Crippen LogP contribution in [0.4, 0.5) is 13.2 Å². The van der Waals surface area contributed by atoms with Crippen LogP contribution >= 0.6 is 15.9 Å². The summed E-state index contributed by atoms with van der Waals surface area (Å²) in [4.78, 5) is 13.6. The van der Waals surface area contributed by atoms with E-state index in [1.807, 2.05) is 31.2 Å². The number of benzene rings is 1. The minimum Gasteiger partial charge on any atom is -0.481 e. The molecule has 1 aliphatic carbocycles. The Labute approximate surface area is 201 Å². The maximum absolute atomic E-state index is 13.1. The average Bonchev–Trinajstić information content (AvgIpc) is 2.74. The SMILES string of the molecule is C=C(C)C#C[C@@H](c1ccc(Br)cc1)N1CC[C@H](CC(=O)O)C[C@@H]1C1C=CC(C(F)(F)F)=CC1. The second kappa shape index (κ2) is 10.8. The lowest BCUT2D eigenvalue weighted by molar-refractivity contribution is -0.138. The van der Waals surface area contributed by atoms with Crippen molar-refractivity contribution in [2.24, 2.45) is 11.8 Å². The van der Waals surface area contributed by atoms with Crippen LogP contribution in [0, 0.1) is 23.7 Å². The second-order valence-electron chi connectivity index (χ2n) is 8.71. The molecule has 1 fully saturated rings. The third-order valence-corrected chi connectivity index (χ3v) is 6.68. The number of hydrogen-bond donors (Lipinski definition) is 1. The molecule has 0 bridgehead atoms. The van der Waals surface area contributed by atoms with Gasteiger partial charge in [0, 0.05) is 23.5 Å². The highest BCUT2D eigenvalue weighted by Gasteiger charge is 2.39. The number of alkyl halides is 3. The summed E-state index contributed by atoms with van der Waals surface area (Å²) in [5.41, 5.74) is 1.08. The normalized spacial score (nSPS) is 24.4. The molecule has 1 aromatic rings.